The molecule has 0 aromatic heterocycles. The Morgan fingerprint density at radius 1 is 1.26 bits per heavy atom. The molecule has 9 heteroatoms. The van der Waals surface area contributed by atoms with E-state index in [1.165, 1.54) is 16.4 Å². The first-order valence-electron chi connectivity index (χ1n) is 7.48. The molecule has 1 saturated heterocycles. The van der Waals surface area contributed by atoms with Gasteiger partial charge in [0.25, 0.3) is 5.69 Å². The number of morpholine rings is 1. The monoisotopic (exact) mass is 341 g/mol. The molecule has 0 atom stereocenters. The Labute approximate surface area is 134 Å². The van der Waals surface area contributed by atoms with Crippen molar-refractivity contribution in [2.75, 3.05) is 31.2 Å². The molecule has 2 aliphatic rings. The van der Waals surface area contributed by atoms with E-state index in [1.807, 2.05) is 4.90 Å². The van der Waals surface area contributed by atoms with Gasteiger partial charge in [0.15, 0.2) is 0 Å². The van der Waals surface area contributed by atoms with Crippen LogP contribution in [0.15, 0.2) is 17.0 Å². The average molecular weight is 341 g/mol. The molecule has 1 fully saturated rings. The second kappa shape index (κ2) is 5.73. The highest BCUT2D eigenvalue weighted by Gasteiger charge is 2.39. The third-order valence-electron chi connectivity index (χ3n) is 4.19. The first-order chi connectivity index (χ1) is 10.8. The lowest BCUT2D eigenvalue weighted by molar-refractivity contribution is -0.384. The van der Waals surface area contributed by atoms with Crippen LogP contribution >= 0.6 is 0 Å². The fourth-order valence-corrected chi connectivity index (χ4v) is 4.84. The Bertz CT molecular complexity index is 741. The van der Waals surface area contributed by atoms with Crippen LogP contribution in [-0.4, -0.2) is 50.0 Å². The van der Waals surface area contributed by atoms with E-state index in [0.717, 1.165) is 0 Å². The van der Waals surface area contributed by atoms with E-state index in [0.29, 0.717) is 37.6 Å². The number of rotatable bonds is 3. The summed E-state index contributed by atoms with van der Waals surface area (Å²) in [5.41, 5.74) is 0.792. The van der Waals surface area contributed by atoms with E-state index in [9.17, 15) is 18.5 Å². The molecule has 0 aliphatic carbocycles. The molecule has 0 amide bonds. The summed E-state index contributed by atoms with van der Waals surface area (Å²) >= 11 is 0. The standard InChI is InChI=1S/C14H19N3O5S/c1-10(2)16-9-11-7-13(17(18)19)12(8-14(11)23(16,20)21)15-3-5-22-6-4-15/h7-8,10H,3-6,9H2,1-2H3. The van der Waals surface area contributed by atoms with Crippen LogP contribution < -0.4 is 4.90 Å². The number of sulfonamides is 1. The summed E-state index contributed by atoms with van der Waals surface area (Å²) in [5, 5.41) is 11.4. The summed E-state index contributed by atoms with van der Waals surface area (Å²) in [5.74, 6) is 0. The smallest absolute Gasteiger partial charge is 0.292 e. The summed E-state index contributed by atoms with van der Waals surface area (Å²) in [6.45, 7) is 5.72. The van der Waals surface area contributed by atoms with Gasteiger partial charge in [0.2, 0.25) is 10.0 Å². The largest absolute Gasteiger partial charge is 0.378 e. The highest BCUT2D eigenvalue weighted by Crippen LogP contribution is 2.40. The molecule has 0 radical (unpaired) electrons. The minimum absolute atomic E-state index is 0.0496. The predicted octanol–water partition coefficient (Wildman–Crippen LogP) is 1.34. The van der Waals surface area contributed by atoms with Gasteiger partial charge in [-0.1, -0.05) is 0 Å². The van der Waals surface area contributed by atoms with Gasteiger partial charge in [-0.05, 0) is 25.5 Å². The number of benzene rings is 1. The van der Waals surface area contributed by atoms with Crippen LogP contribution in [0.25, 0.3) is 0 Å². The van der Waals surface area contributed by atoms with Crippen LogP contribution in [0.2, 0.25) is 0 Å². The van der Waals surface area contributed by atoms with Crippen molar-refractivity contribution in [3.8, 4) is 0 Å². The van der Waals surface area contributed by atoms with Gasteiger partial charge in [-0.2, -0.15) is 4.31 Å². The number of nitro benzene ring substituents is 1. The Balaban J connectivity index is 2.13. The third-order valence-corrected chi connectivity index (χ3v) is 6.30. The van der Waals surface area contributed by atoms with Gasteiger partial charge in [0.1, 0.15) is 5.69 Å². The summed E-state index contributed by atoms with van der Waals surface area (Å²) < 4.78 is 31.9. The van der Waals surface area contributed by atoms with E-state index in [1.54, 1.807) is 13.8 Å². The molecule has 3 rings (SSSR count). The van der Waals surface area contributed by atoms with Gasteiger partial charge in [0.05, 0.1) is 23.0 Å². The topological polar surface area (TPSA) is 93.0 Å². The van der Waals surface area contributed by atoms with Crippen LogP contribution in [0.5, 0.6) is 0 Å². The van der Waals surface area contributed by atoms with Crippen molar-refractivity contribution in [2.45, 2.75) is 31.3 Å². The number of hydrogen-bond acceptors (Lipinski definition) is 6. The van der Waals surface area contributed by atoms with Gasteiger partial charge < -0.3 is 9.64 Å². The third kappa shape index (κ3) is 2.68. The lowest BCUT2D eigenvalue weighted by Gasteiger charge is -2.28. The molecule has 0 N–H and O–H groups in total. The molecule has 2 heterocycles. The van der Waals surface area contributed by atoms with E-state index in [-0.39, 0.29) is 23.2 Å². The molecule has 1 aromatic carbocycles. The molecular formula is C14H19N3O5S. The van der Waals surface area contributed by atoms with Gasteiger partial charge >= 0.3 is 0 Å². The number of hydrogen-bond donors (Lipinski definition) is 0. The normalized spacial score (nSPS) is 20.7. The van der Waals surface area contributed by atoms with Crippen LogP contribution in [0.3, 0.4) is 0 Å². The van der Waals surface area contributed by atoms with E-state index in [4.69, 9.17) is 4.74 Å². The van der Waals surface area contributed by atoms with Crippen LogP contribution in [0.4, 0.5) is 11.4 Å². The van der Waals surface area contributed by atoms with Crippen molar-refractivity contribution in [1.82, 2.24) is 4.31 Å². The Morgan fingerprint density at radius 2 is 1.91 bits per heavy atom. The molecule has 126 valence electrons. The highest BCUT2D eigenvalue weighted by atomic mass is 32.2. The van der Waals surface area contributed by atoms with E-state index >= 15 is 0 Å². The molecule has 1 aromatic rings. The summed E-state index contributed by atoms with van der Waals surface area (Å²) in [6.07, 6.45) is 0. The summed E-state index contributed by atoms with van der Waals surface area (Å²) in [4.78, 5) is 13.0. The number of nitro groups is 1. The fraction of sp³-hybridized carbons (Fsp3) is 0.571. The van der Waals surface area contributed by atoms with Crippen molar-refractivity contribution >= 4 is 21.4 Å². The minimum Gasteiger partial charge on any atom is -0.378 e. The van der Waals surface area contributed by atoms with Gasteiger partial charge in [-0.25, -0.2) is 8.42 Å². The van der Waals surface area contributed by atoms with Crippen molar-refractivity contribution in [2.24, 2.45) is 0 Å². The number of ether oxygens (including phenoxy) is 1. The number of fused-ring (bicyclic) bond motifs is 1. The molecule has 0 saturated carbocycles. The second-order valence-corrected chi connectivity index (χ2v) is 7.81. The maximum Gasteiger partial charge on any atom is 0.292 e. The van der Waals surface area contributed by atoms with Gasteiger partial charge in [-0.3, -0.25) is 10.1 Å². The quantitative estimate of drug-likeness (QED) is 0.608. The van der Waals surface area contributed by atoms with Gasteiger partial charge in [0, 0.05) is 31.7 Å². The van der Waals surface area contributed by atoms with Crippen molar-refractivity contribution in [3.05, 3.63) is 27.8 Å². The molecule has 0 unspecified atom stereocenters. The fourth-order valence-electron chi connectivity index (χ4n) is 3.01. The Hall–Kier alpha value is -1.71. The lowest BCUT2D eigenvalue weighted by atomic mass is 10.1. The Kier molecular flexibility index (Phi) is 4.03. The van der Waals surface area contributed by atoms with Gasteiger partial charge in [-0.15, -0.1) is 0 Å². The SMILES string of the molecule is CC(C)N1Cc2cc([N+](=O)[O-])c(N3CCOCC3)cc2S1(=O)=O. The van der Waals surface area contributed by atoms with Crippen LogP contribution in [0, 0.1) is 10.1 Å². The zero-order chi connectivity index (χ0) is 16.8. The Morgan fingerprint density at radius 3 is 2.48 bits per heavy atom. The highest BCUT2D eigenvalue weighted by molar-refractivity contribution is 7.89. The van der Waals surface area contributed by atoms with E-state index < -0.39 is 14.9 Å². The molecular weight excluding hydrogens is 322 g/mol. The average Bonchev–Trinajstić information content (AvgIpc) is 2.78. The summed E-state index contributed by atoms with van der Waals surface area (Å²) in [6, 6.07) is 2.66. The molecule has 2 aliphatic heterocycles. The molecule has 8 nitrogen and oxygen atoms in total. The second-order valence-electron chi connectivity index (χ2n) is 5.95. The first kappa shape index (κ1) is 16.2. The van der Waals surface area contributed by atoms with Crippen molar-refractivity contribution in [3.63, 3.8) is 0 Å². The minimum atomic E-state index is -3.60. The predicted molar refractivity (Wildman–Crippen MR) is 84.0 cm³/mol. The maximum absolute atomic E-state index is 12.7. The lowest BCUT2D eigenvalue weighted by Crippen LogP contribution is -2.36. The molecule has 0 spiro atoms. The van der Waals surface area contributed by atoms with Crippen molar-refractivity contribution in [1.29, 1.82) is 0 Å². The maximum atomic E-state index is 12.7. The van der Waals surface area contributed by atoms with E-state index in [2.05, 4.69) is 0 Å². The van der Waals surface area contributed by atoms with Crippen LogP contribution in [0.1, 0.15) is 19.4 Å². The summed E-state index contributed by atoms with van der Waals surface area (Å²) in [7, 11) is -3.60. The van der Waals surface area contributed by atoms with Crippen LogP contribution in [-0.2, 0) is 21.3 Å². The zero-order valence-corrected chi connectivity index (χ0v) is 13.9. The number of nitrogens with zero attached hydrogens (tertiary/aromatic N) is 3. The molecule has 0 bridgehead atoms. The van der Waals surface area contributed by atoms with Crippen molar-refractivity contribution < 1.29 is 18.1 Å². The number of anilines is 1. The molecule has 23 heavy (non-hydrogen) atoms. The first-order valence-corrected chi connectivity index (χ1v) is 8.92. The zero-order valence-electron chi connectivity index (χ0n) is 13.1.